The van der Waals surface area contributed by atoms with E-state index < -0.39 is 0 Å². The van der Waals surface area contributed by atoms with E-state index in [1.54, 1.807) is 0 Å². The van der Waals surface area contributed by atoms with Crippen LogP contribution in [-0.4, -0.2) is 73.8 Å². The molecule has 5 nitrogen and oxygen atoms in total. The lowest BCUT2D eigenvalue weighted by molar-refractivity contribution is 0.0264. The van der Waals surface area contributed by atoms with Crippen LogP contribution in [0, 0.1) is 0 Å². The molecule has 5 heteroatoms. The number of unbranched alkanes of at least 4 members (excludes halogenated alkanes) is 1. The first-order chi connectivity index (χ1) is 12.2. The average Bonchev–Trinajstić information content (AvgIpc) is 2.63. The van der Waals surface area contributed by atoms with Crippen LogP contribution in [0.1, 0.15) is 65.7 Å². The predicted octanol–water partition coefficient (Wildman–Crippen LogP) is 3.11. The molecule has 0 radical (unpaired) electrons. The van der Waals surface area contributed by atoms with Crippen LogP contribution in [0.2, 0.25) is 0 Å². The van der Waals surface area contributed by atoms with E-state index in [9.17, 15) is 0 Å². The first-order valence-electron chi connectivity index (χ1n) is 10.6. The normalized spacial score (nSPS) is 23.9. The summed E-state index contributed by atoms with van der Waals surface area (Å²) in [6, 6.07) is 0.779. The topological polar surface area (TPSA) is 40.1 Å². The van der Waals surface area contributed by atoms with Crippen LogP contribution in [0.25, 0.3) is 0 Å². The van der Waals surface area contributed by atoms with Gasteiger partial charge < -0.3 is 19.9 Å². The number of nitrogens with one attached hydrogen (secondary N) is 1. The maximum absolute atomic E-state index is 5.76. The van der Waals surface area contributed by atoms with E-state index in [1.165, 1.54) is 45.2 Å². The van der Waals surface area contributed by atoms with Gasteiger partial charge in [-0.1, -0.05) is 6.42 Å². The van der Waals surface area contributed by atoms with E-state index in [0.717, 1.165) is 57.6 Å². The van der Waals surface area contributed by atoms with Gasteiger partial charge in [-0.05, 0) is 72.4 Å². The summed E-state index contributed by atoms with van der Waals surface area (Å²) in [6.07, 6.45) is 9.29. The summed E-state index contributed by atoms with van der Waals surface area (Å²) in [4.78, 5) is 9.95. The average molecular weight is 353 g/mol. The fraction of sp³-hybridized carbons (Fsp3) is 0.950. The van der Waals surface area contributed by atoms with Gasteiger partial charge in [0.05, 0.1) is 6.10 Å². The molecule has 0 saturated carbocycles. The van der Waals surface area contributed by atoms with Gasteiger partial charge in [0.15, 0.2) is 5.96 Å². The highest BCUT2D eigenvalue weighted by atomic mass is 16.5. The number of aliphatic imine (C=N–C) groups is 1. The van der Waals surface area contributed by atoms with Gasteiger partial charge in [-0.15, -0.1) is 0 Å². The summed E-state index contributed by atoms with van der Waals surface area (Å²) in [5.41, 5.74) is 0. The van der Waals surface area contributed by atoms with E-state index in [4.69, 9.17) is 9.73 Å². The van der Waals surface area contributed by atoms with Crippen LogP contribution in [0.3, 0.4) is 0 Å². The molecule has 0 aliphatic carbocycles. The Morgan fingerprint density at radius 2 is 1.88 bits per heavy atom. The van der Waals surface area contributed by atoms with Crippen molar-refractivity contribution in [3.63, 3.8) is 0 Å². The lowest BCUT2D eigenvalue weighted by Crippen LogP contribution is -2.47. The predicted molar refractivity (Wildman–Crippen MR) is 106 cm³/mol. The number of likely N-dealkylation sites (tertiary alicyclic amines) is 2. The molecule has 25 heavy (non-hydrogen) atoms. The molecular weight excluding hydrogens is 312 g/mol. The molecule has 146 valence electrons. The van der Waals surface area contributed by atoms with Gasteiger partial charge in [0.2, 0.25) is 0 Å². The highest BCUT2D eigenvalue weighted by molar-refractivity contribution is 5.80. The minimum Gasteiger partial charge on any atom is -0.378 e. The Morgan fingerprint density at radius 3 is 2.56 bits per heavy atom. The lowest BCUT2D eigenvalue weighted by atomic mass is 10.0. The summed E-state index contributed by atoms with van der Waals surface area (Å²) >= 11 is 0. The molecule has 0 aromatic carbocycles. The maximum Gasteiger partial charge on any atom is 0.193 e. The summed E-state index contributed by atoms with van der Waals surface area (Å²) in [7, 11) is 0. The molecule has 0 aromatic heterocycles. The van der Waals surface area contributed by atoms with Crippen LogP contribution in [0.5, 0.6) is 0 Å². The SMILES string of the molecule is CCNC(=NCCCCN1CCCCC1C)N1CCC(OCC)CC1. The Labute approximate surface area is 155 Å². The fourth-order valence-electron chi connectivity index (χ4n) is 4.00. The number of rotatable bonds is 8. The minimum absolute atomic E-state index is 0.440. The van der Waals surface area contributed by atoms with E-state index in [1.807, 2.05) is 0 Å². The first-order valence-corrected chi connectivity index (χ1v) is 10.6. The number of hydrogen-bond donors (Lipinski definition) is 1. The Morgan fingerprint density at radius 1 is 1.08 bits per heavy atom. The first kappa shape index (κ1) is 20.5. The van der Waals surface area contributed by atoms with E-state index in [2.05, 4.69) is 35.9 Å². The largest absolute Gasteiger partial charge is 0.378 e. The van der Waals surface area contributed by atoms with Crippen LogP contribution in [0.15, 0.2) is 4.99 Å². The molecule has 2 rings (SSSR count). The second-order valence-corrected chi connectivity index (χ2v) is 7.47. The van der Waals surface area contributed by atoms with Crippen LogP contribution in [-0.2, 0) is 4.74 Å². The van der Waals surface area contributed by atoms with Crippen molar-refractivity contribution in [2.45, 2.75) is 77.9 Å². The number of nitrogens with zero attached hydrogens (tertiary/aromatic N) is 3. The number of hydrogen-bond acceptors (Lipinski definition) is 3. The number of piperidine rings is 2. The summed E-state index contributed by atoms with van der Waals surface area (Å²) in [5.74, 6) is 1.10. The van der Waals surface area contributed by atoms with Crippen molar-refractivity contribution in [2.75, 3.05) is 45.9 Å². The van der Waals surface area contributed by atoms with Crippen LogP contribution in [0.4, 0.5) is 0 Å². The summed E-state index contributed by atoms with van der Waals surface area (Å²) in [6.45, 7) is 14.0. The van der Waals surface area contributed by atoms with Crippen molar-refractivity contribution >= 4 is 5.96 Å². The van der Waals surface area contributed by atoms with Gasteiger partial charge in [0.25, 0.3) is 0 Å². The van der Waals surface area contributed by atoms with Gasteiger partial charge in [0, 0.05) is 38.8 Å². The van der Waals surface area contributed by atoms with Gasteiger partial charge in [0.1, 0.15) is 0 Å². The second-order valence-electron chi connectivity index (χ2n) is 7.47. The van der Waals surface area contributed by atoms with Crippen molar-refractivity contribution in [2.24, 2.45) is 4.99 Å². The van der Waals surface area contributed by atoms with Gasteiger partial charge in [-0.2, -0.15) is 0 Å². The van der Waals surface area contributed by atoms with Crippen molar-refractivity contribution in [1.82, 2.24) is 15.1 Å². The zero-order valence-corrected chi connectivity index (χ0v) is 16.8. The Bertz CT molecular complexity index is 380. The zero-order chi connectivity index (χ0) is 17.9. The smallest absolute Gasteiger partial charge is 0.193 e. The highest BCUT2D eigenvalue weighted by Crippen LogP contribution is 2.17. The van der Waals surface area contributed by atoms with Crippen molar-refractivity contribution in [3.8, 4) is 0 Å². The van der Waals surface area contributed by atoms with Crippen LogP contribution >= 0.6 is 0 Å². The van der Waals surface area contributed by atoms with Crippen molar-refractivity contribution < 1.29 is 4.74 Å². The summed E-state index contributed by atoms with van der Waals surface area (Å²) in [5, 5.41) is 3.47. The van der Waals surface area contributed by atoms with Gasteiger partial charge in [-0.25, -0.2) is 0 Å². The molecule has 1 N–H and O–H groups in total. The second kappa shape index (κ2) is 11.7. The molecule has 0 aromatic rings. The van der Waals surface area contributed by atoms with E-state index >= 15 is 0 Å². The van der Waals surface area contributed by atoms with Crippen molar-refractivity contribution in [1.29, 1.82) is 0 Å². The molecule has 2 heterocycles. The molecule has 2 aliphatic rings. The third-order valence-electron chi connectivity index (χ3n) is 5.53. The highest BCUT2D eigenvalue weighted by Gasteiger charge is 2.21. The Kier molecular flexibility index (Phi) is 9.63. The maximum atomic E-state index is 5.76. The third-order valence-corrected chi connectivity index (χ3v) is 5.53. The van der Waals surface area contributed by atoms with Crippen molar-refractivity contribution in [3.05, 3.63) is 0 Å². The molecule has 1 atom stereocenters. The molecule has 2 fully saturated rings. The minimum atomic E-state index is 0.440. The number of ether oxygens (including phenoxy) is 1. The van der Waals surface area contributed by atoms with Gasteiger partial charge >= 0.3 is 0 Å². The van der Waals surface area contributed by atoms with Gasteiger partial charge in [-0.3, -0.25) is 4.99 Å². The van der Waals surface area contributed by atoms with E-state index in [-0.39, 0.29) is 0 Å². The molecule has 0 spiro atoms. The summed E-state index contributed by atoms with van der Waals surface area (Å²) < 4.78 is 5.76. The monoisotopic (exact) mass is 352 g/mol. The molecular formula is C20H40N4O. The van der Waals surface area contributed by atoms with Crippen LogP contribution < -0.4 is 5.32 Å². The Hall–Kier alpha value is -0.810. The fourth-order valence-corrected chi connectivity index (χ4v) is 4.00. The molecule has 0 bridgehead atoms. The molecule has 0 amide bonds. The Balaban J connectivity index is 1.68. The molecule has 2 saturated heterocycles. The quantitative estimate of drug-likeness (QED) is 0.414. The zero-order valence-electron chi connectivity index (χ0n) is 16.8. The molecule has 1 unspecified atom stereocenters. The number of guanidine groups is 1. The lowest BCUT2D eigenvalue weighted by Gasteiger charge is -2.34. The standard InChI is InChI=1S/C20H40N4O/c1-4-21-20(24-16-11-19(12-17-24)25-5-2)22-13-7-9-15-23-14-8-6-10-18(23)3/h18-19H,4-17H2,1-3H3,(H,21,22). The van der Waals surface area contributed by atoms with E-state index in [0.29, 0.717) is 6.10 Å². The molecule has 2 aliphatic heterocycles. The third kappa shape index (κ3) is 7.14.